The second-order valence-corrected chi connectivity index (χ2v) is 10.3. The first-order chi connectivity index (χ1) is 16.9. The quantitative estimate of drug-likeness (QED) is 0.556. The zero-order valence-corrected chi connectivity index (χ0v) is 20.0. The molecule has 1 atom stereocenters. The Morgan fingerprint density at radius 1 is 0.886 bits per heavy atom. The molecular formula is C27H33F2N5O. The molecule has 6 nitrogen and oxygen atoms in total. The number of hydrogen-bond acceptors (Lipinski definition) is 5. The van der Waals surface area contributed by atoms with Gasteiger partial charge in [-0.1, -0.05) is 36.4 Å². The topological polar surface area (TPSA) is 57.4 Å². The third kappa shape index (κ3) is 5.60. The molecule has 1 aromatic heterocycles. The summed E-state index contributed by atoms with van der Waals surface area (Å²) in [6.45, 7) is 5.21. The lowest BCUT2D eigenvalue weighted by atomic mass is 9.71. The molecule has 1 unspecified atom stereocenters. The molecule has 3 heterocycles. The molecule has 2 aromatic carbocycles. The van der Waals surface area contributed by atoms with Crippen molar-refractivity contribution in [1.82, 2.24) is 24.6 Å². The molecule has 5 rings (SSSR count). The molecule has 8 heteroatoms. The molecule has 1 N–H and O–H groups in total. The Bertz CT molecular complexity index is 1090. The van der Waals surface area contributed by atoms with Gasteiger partial charge in [0.25, 0.3) is 0 Å². The zero-order valence-electron chi connectivity index (χ0n) is 20.0. The zero-order chi connectivity index (χ0) is 24.3. The summed E-state index contributed by atoms with van der Waals surface area (Å²) in [6.07, 6.45) is 7.39. The first-order valence-electron chi connectivity index (χ1n) is 12.4. The number of halogens is 2. The van der Waals surface area contributed by atoms with Crippen LogP contribution in [0.25, 0.3) is 0 Å². The van der Waals surface area contributed by atoms with Gasteiger partial charge in [0.1, 0.15) is 29.9 Å². The standard InChI is InChI=1S/C27H33F2N5O/c28-23-6-7-24(25(29)16-23)27(35,19-34-21-30-20-31-34)18-33-14-10-26(11-15-33)8-12-32(13-9-26)17-22-4-2-1-3-5-22/h1-7,16,20-21,35H,8-15,17-19H2. The van der Waals surface area contributed by atoms with Gasteiger partial charge in [-0.25, -0.2) is 18.4 Å². The molecule has 35 heavy (non-hydrogen) atoms. The molecule has 2 fully saturated rings. The Labute approximate surface area is 205 Å². The van der Waals surface area contributed by atoms with Crippen LogP contribution in [-0.4, -0.2) is 62.4 Å². The van der Waals surface area contributed by atoms with E-state index in [1.54, 1.807) is 0 Å². The van der Waals surface area contributed by atoms with E-state index in [0.717, 1.165) is 51.6 Å². The van der Waals surface area contributed by atoms with Crippen molar-refractivity contribution in [2.24, 2.45) is 5.41 Å². The molecule has 2 saturated heterocycles. The highest BCUT2D eigenvalue weighted by molar-refractivity contribution is 5.26. The highest BCUT2D eigenvalue weighted by Crippen LogP contribution is 2.42. The summed E-state index contributed by atoms with van der Waals surface area (Å²) in [5.74, 6) is -1.40. The van der Waals surface area contributed by atoms with Gasteiger partial charge in [-0.15, -0.1) is 0 Å². The van der Waals surface area contributed by atoms with Crippen LogP contribution in [-0.2, 0) is 18.7 Å². The summed E-state index contributed by atoms with van der Waals surface area (Å²) in [6, 6.07) is 14.0. The molecule has 0 amide bonds. The van der Waals surface area contributed by atoms with Crippen molar-refractivity contribution in [3.63, 3.8) is 0 Å². The SMILES string of the molecule is OC(CN1CCC2(CCN(Cc3ccccc3)CC2)CC1)(Cn1cncn1)c1ccc(F)cc1F. The first-order valence-corrected chi connectivity index (χ1v) is 12.4. The number of benzene rings is 2. The van der Waals surface area contributed by atoms with Crippen molar-refractivity contribution in [3.8, 4) is 0 Å². The predicted molar refractivity (Wildman–Crippen MR) is 129 cm³/mol. The number of piperidine rings is 2. The van der Waals surface area contributed by atoms with Crippen molar-refractivity contribution in [2.75, 3.05) is 32.7 Å². The van der Waals surface area contributed by atoms with E-state index in [1.807, 2.05) is 0 Å². The maximum Gasteiger partial charge on any atom is 0.137 e. The summed E-state index contributed by atoms with van der Waals surface area (Å²) < 4.78 is 29.8. The molecule has 0 bridgehead atoms. The number of aromatic nitrogens is 3. The van der Waals surface area contributed by atoms with Gasteiger partial charge in [0.05, 0.1) is 6.54 Å². The average molecular weight is 482 g/mol. The number of likely N-dealkylation sites (tertiary alicyclic amines) is 2. The Balaban J connectivity index is 1.21. The van der Waals surface area contributed by atoms with Crippen molar-refractivity contribution >= 4 is 0 Å². The van der Waals surface area contributed by atoms with E-state index in [9.17, 15) is 13.9 Å². The third-order valence-corrected chi connectivity index (χ3v) is 7.89. The minimum atomic E-state index is -1.55. The average Bonchev–Trinajstić information content (AvgIpc) is 3.35. The van der Waals surface area contributed by atoms with E-state index in [4.69, 9.17) is 0 Å². The van der Waals surface area contributed by atoms with E-state index in [0.29, 0.717) is 5.41 Å². The predicted octanol–water partition coefficient (Wildman–Crippen LogP) is 3.82. The van der Waals surface area contributed by atoms with Crippen LogP contribution in [0.5, 0.6) is 0 Å². The van der Waals surface area contributed by atoms with Gasteiger partial charge in [-0.3, -0.25) is 4.90 Å². The van der Waals surface area contributed by atoms with Crippen LogP contribution in [0, 0.1) is 17.0 Å². The summed E-state index contributed by atoms with van der Waals surface area (Å²) >= 11 is 0. The van der Waals surface area contributed by atoms with Gasteiger partial charge in [0, 0.05) is 24.7 Å². The second-order valence-electron chi connectivity index (χ2n) is 10.3. The minimum absolute atomic E-state index is 0.0473. The van der Waals surface area contributed by atoms with E-state index < -0.39 is 17.2 Å². The summed E-state index contributed by atoms with van der Waals surface area (Å²) in [7, 11) is 0. The van der Waals surface area contributed by atoms with Gasteiger partial charge < -0.3 is 10.0 Å². The lowest BCUT2D eigenvalue weighted by molar-refractivity contribution is -0.0438. The molecule has 0 aliphatic carbocycles. The molecule has 0 radical (unpaired) electrons. The van der Waals surface area contributed by atoms with Crippen LogP contribution < -0.4 is 0 Å². The maximum absolute atomic E-state index is 14.7. The van der Waals surface area contributed by atoms with Crippen molar-refractivity contribution in [2.45, 2.75) is 44.4 Å². The molecule has 186 valence electrons. The molecule has 2 aliphatic heterocycles. The number of aliphatic hydroxyl groups is 1. The molecular weight excluding hydrogens is 448 g/mol. The van der Waals surface area contributed by atoms with Gasteiger partial charge in [0.2, 0.25) is 0 Å². The summed E-state index contributed by atoms with van der Waals surface area (Å²) in [4.78, 5) is 8.69. The monoisotopic (exact) mass is 481 g/mol. The van der Waals surface area contributed by atoms with Crippen LogP contribution in [0.3, 0.4) is 0 Å². The Morgan fingerprint density at radius 2 is 1.57 bits per heavy atom. The van der Waals surface area contributed by atoms with Gasteiger partial charge >= 0.3 is 0 Å². The van der Waals surface area contributed by atoms with E-state index in [2.05, 4.69) is 50.2 Å². The van der Waals surface area contributed by atoms with Crippen LogP contribution in [0.4, 0.5) is 8.78 Å². The highest BCUT2D eigenvalue weighted by atomic mass is 19.1. The fourth-order valence-electron chi connectivity index (χ4n) is 5.75. The molecule has 0 saturated carbocycles. The largest absolute Gasteiger partial charge is 0.382 e. The summed E-state index contributed by atoms with van der Waals surface area (Å²) in [5, 5.41) is 15.8. The molecule has 2 aliphatic rings. The number of nitrogens with zero attached hydrogens (tertiary/aromatic N) is 5. The minimum Gasteiger partial charge on any atom is -0.382 e. The molecule has 3 aromatic rings. The lowest BCUT2D eigenvalue weighted by Crippen LogP contribution is -2.51. The van der Waals surface area contributed by atoms with Gasteiger partial charge in [-0.2, -0.15) is 5.10 Å². The van der Waals surface area contributed by atoms with E-state index in [-0.39, 0.29) is 18.7 Å². The number of β-amino-alcohol motifs (C(OH)–C–C–N with tert-alkyl or cyclic N) is 1. The van der Waals surface area contributed by atoms with Crippen molar-refractivity contribution in [3.05, 3.63) is 83.9 Å². The van der Waals surface area contributed by atoms with Crippen LogP contribution in [0.1, 0.15) is 36.8 Å². The van der Waals surface area contributed by atoms with Crippen LogP contribution in [0.15, 0.2) is 61.2 Å². The fourth-order valence-corrected chi connectivity index (χ4v) is 5.75. The first kappa shape index (κ1) is 24.0. The van der Waals surface area contributed by atoms with Crippen molar-refractivity contribution < 1.29 is 13.9 Å². The normalized spacial score (nSPS) is 20.7. The van der Waals surface area contributed by atoms with Crippen LogP contribution >= 0.6 is 0 Å². The van der Waals surface area contributed by atoms with Crippen LogP contribution in [0.2, 0.25) is 0 Å². The summed E-state index contributed by atoms with van der Waals surface area (Å²) in [5.41, 5.74) is 0.242. The Kier molecular flexibility index (Phi) is 6.95. The van der Waals surface area contributed by atoms with Gasteiger partial charge in [-0.05, 0) is 68.9 Å². The maximum atomic E-state index is 14.7. The fraction of sp³-hybridized carbons (Fsp3) is 0.481. The Hall–Kier alpha value is -2.68. The Morgan fingerprint density at radius 3 is 2.20 bits per heavy atom. The van der Waals surface area contributed by atoms with E-state index in [1.165, 1.54) is 47.9 Å². The lowest BCUT2D eigenvalue weighted by Gasteiger charge is -2.48. The smallest absolute Gasteiger partial charge is 0.137 e. The third-order valence-electron chi connectivity index (χ3n) is 7.89. The number of rotatable bonds is 7. The van der Waals surface area contributed by atoms with Gasteiger partial charge in [0.15, 0.2) is 0 Å². The van der Waals surface area contributed by atoms with Crippen molar-refractivity contribution in [1.29, 1.82) is 0 Å². The second kappa shape index (κ2) is 10.1. The number of hydrogen-bond donors (Lipinski definition) is 1. The molecule has 1 spiro atoms. The van der Waals surface area contributed by atoms with E-state index >= 15 is 0 Å². The highest BCUT2D eigenvalue weighted by Gasteiger charge is 2.41.